The third-order valence-electron chi connectivity index (χ3n) is 2.43. The lowest BCUT2D eigenvalue weighted by atomic mass is 10.1. The number of hydrogen-bond acceptors (Lipinski definition) is 5. The maximum absolute atomic E-state index is 11.9. The van der Waals surface area contributed by atoms with E-state index in [9.17, 15) is 13.2 Å². The summed E-state index contributed by atoms with van der Waals surface area (Å²) in [6.45, 7) is 6.02. The molecule has 0 spiro atoms. The van der Waals surface area contributed by atoms with Gasteiger partial charge in [-0.1, -0.05) is 0 Å². The molecule has 1 unspecified atom stereocenters. The summed E-state index contributed by atoms with van der Waals surface area (Å²) in [6, 6.07) is 4.13. The molecule has 0 saturated carbocycles. The maximum Gasteiger partial charge on any atom is 0.338 e. The highest BCUT2D eigenvalue weighted by atomic mass is 35.7. The van der Waals surface area contributed by atoms with Gasteiger partial charge in [-0.3, -0.25) is 0 Å². The van der Waals surface area contributed by atoms with E-state index in [0.29, 0.717) is 12.2 Å². The second-order valence-corrected chi connectivity index (χ2v) is 6.91. The van der Waals surface area contributed by atoms with Crippen molar-refractivity contribution in [2.75, 3.05) is 13.2 Å². The smallest absolute Gasteiger partial charge is 0.338 e. The lowest BCUT2D eigenvalue weighted by Gasteiger charge is -2.13. The van der Waals surface area contributed by atoms with Crippen LogP contribution >= 0.6 is 10.7 Å². The van der Waals surface area contributed by atoms with Crippen LogP contribution in [-0.4, -0.2) is 33.7 Å². The average molecular weight is 321 g/mol. The van der Waals surface area contributed by atoms with Crippen molar-refractivity contribution < 1.29 is 22.7 Å². The summed E-state index contributed by atoms with van der Waals surface area (Å²) >= 11 is 0. The van der Waals surface area contributed by atoms with Crippen LogP contribution in [0.4, 0.5) is 0 Å². The fraction of sp³-hybridized carbons (Fsp3) is 0.462. The first-order chi connectivity index (χ1) is 9.24. The molecule has 112 valence electrons. The van der Waals surface area contributed by atoms with Crippen molar-refractivity contribution in [3.8, 4) is 0 Å². The van der Waals surface area contributed by atoms with Gasteiger partial charge in [-0.05, 0) is 44.5 Å². The van der Waals surface area contributed by atoms with Crippen LogP contribution in [0.2, 0.25) is 0 Å². The van der Waals surface area contributed by atoms with E-state index < -0.39 is 21.1 Å². The Kier molecular flexibility index (Phi) is 5.98. The van der Waals surface area contributed by atoms with Crippen molar-refractivity contribution in [3.05, 3.63) is 29.3 Å². The molecule has 1 aromatic rings. The zero-order valence-electron chi connectivity index (χ0n) is 11.6. The SMILES string of the molecule is CCOCC(C)OC(=O)c1cc(C)cc(S(=O)(=O)Cl)c1. The molecule has 0 radical (unpaired) electrons. The first kappa shape index (κ1) is 16.9. The molecule has 7 heteroatoms. The minimum Gasteiger partial charge on any atom is -0.457 e. The molecule has 0 heterocycles. The highest BCUT2D eigenvalue weighted by molar-refractivity contribution is 8.13. The zero-order chi connectivity index (χ0) is 15.3. The Hall–Kier alpha value is -1.11. The highest BCUT2D eigenvalue weighted by Crippen LogP contribution is 2.19. The predicted octanol–water partition coefficient (Wildman–Crippen LogP) is 2.50. The number of ether oxygens (including phenoxy) is 2. The summed E-state index contributed by atoms with van der Waals surface area (Å²) in [5.41, 5.74) is 0.753. The summed E-state index contributed by atoms with van der Waals surface area (Å²) in [5.74, 6) is -0.609. The van der Waals surface area contributed by atoms with E-state index >= 15 is 0 Å². The molecule has 20 heavy (non-hydrogen) atoms. The molecule has 5 nitrogen and oxygen atoms in total. The number of rotatable bonds is 6. The van der Waals surface area contributed by atoms with Gasteiger partial charge in [0.25, 0.3) is 9.05 Å². The van der Waals surface area contributed by atoms with Gasteiger partial charge in [-0.25, -0.2) is 13.2 Å². The third-order valence-corrected chi connectivity index (χ3v) is 3.77. The third kappa shape index (κ3) is 5.11. The second kappa shape index (κ2) is 7.06. The van der Waals surface area contributed by atoms with Gasteiger partial charge in [0.05, 0.1) is 17.1 Å². The second-order valence-electron chi connectivity index (χ2n) is 4.35. The Morgan fingerprint density at radius 1 is 1.35 bits per heavy atom. The largest absolute Gasteiger partial charge is 0.457 e. The van der Waals surface area contributed by atoms with Crippen LogP contribution in [0.3, 0.4) is 0 Å². The van der Waals surface area contributed by atoms with E-state index in [4.69, 9.17) is 20.2 Å². The zero-order valence-corrected chi connectivity index (χ0v) is 13.1. The van der Waals surface area contributed by atoms with Crippen molar-refractivity contribution in [2.45, 2.75) is 31.8 Å². The van der Waals surface area contributed by atoms with E-state index in [0.717, 1.165) is 0 Å². The number of aryl methyl sites for hydroxylation is 1. The number of benzene rings is 1. The Morgan fingerprint density at radius 2 is 2.00 bits per heavy atom. The molecule has 0 aliphatic carbocycles. The van der Waals surface area contributed by atoms with Crippen molar-refractivity contribution in [1.82, 2.24) is 0 Å². The number of carbonyl (C=O) groups is 1. The molecule has 0 fully saturated rings. The van der Waals surface area contributed by atoms with Gasteiger partial charge in [0.15, 0.2) is 0 Å². The summed E-state index contributed by atoms with van der Waals surface area (Å²) in [5, 5.41) is 0. The molecule has 0 aliphatic rings. The van der Waals surface area contributed by atoms with Crippen LogP contribution in [0.25, 0.3) is 0 Å². The monoisotopic (exact) mass is 320 g/mol. The van der Waals surface area contributed by atoms with Crippen LogP contribution in [0, 0.1) is 6.92 Å². The first-order valence-electron chi connectivity index (χ1n) is 6.09. The molecule has 0 aromatic heterocycles. The molecular weight excluding hydrogens is 304 g/mol. The minimum absolute atomic E-state index is 0.122. The summed E-state index contributed by atoms with van der Waals surface area (Å²) < 4.78 is 32.9. The Morgan fingerprint density at radius 3 is 2.55 bits per heavy atom. The topological polar surface area (TPSA) is 69.7 Å². The van der Waals surface area contributed by atoms with Crippen molar-refractivity contribution >= 4 is 25.7 Å². The normalized spacial score (nSPS) is 13.0. The van der Waals surface area contributed by atoms with Gasteiger partial charge in [0.1, 0.15) is 6.10 Å². The fourth-order valence-corrected chi connectivity index (χ4v) is 2.44. The average Bonchev–Trinajstić information content (AvgIpc) is 2.34. The van der Waals surface area contributed by atoms with E-state index in [1.165, 1.54) is 12.1 Å². The van der Waals surface area contributed by atoms with Crippen molar-refractivity contribution in [2.24, 2.45) is 0 Å². The van der Waals surface area contributed by atoms with E-state index in [-0.39, 0.29) is 17.1 Å². The molecule has 0 saturated heterocycles. The van der Waals surface area contributed by atoms with Gasteiger partial charge >= 0.3 is 5.97 Å². The number of hydrogen-bond donors (Lipinski definition) is 0. The van der Waals surface area contributed by atoms with Crippen LogP contribution < -0.4 is 0 Å². The highest BCUT2D eigenvalue weighted by Gasteiger charge is 2.17. The van der Waals surface area contributed by atoms with Gasteiger partial charge in [-0.15, -0.1) is 0 Å². The number of esters is 1. The lowest BCUT2D eigenvalue weighted by molar-refractivity contribution is 0.00436. The van der Waals surface area contributed by atoms with Crippen LogP contribution in [0.15, 0.2) is 23.1 Å². The molecule has 1 atom stereocenters. The number of carbonyl (C=O) groups excluding carboxylic acids is 1. The van der Waals surface area contributed by atoms with E-state index in [2.05, 4.69) is 0 Å². The van der Waals surface area contributed by atoms with Crippen LogP contribution in [0.5, 0.6) is 0 Å². The molecular formula is C13H17ClO5S. The Labute approximate surface area is 123 Å². The molecule has 0 N–H and O–H groups in total. The maximum atomic E-state index is 11.9. The summed E-state index contributed by atoms with van der Waals surface area (Å²) in [4.78, 5) is 11.8. The Bertz CT molecular complexity index is 582. The molecule has 1 aromatic carbocycles. The Balaban J connectivity index is 2.91. The minimum atomic E-state index is -3.88. The molecule has 1 rings (SSSR count). The van der Waals surface area contributed by atoms with Crippen molar-refractivity contribution in [1.29, 1.82) is 0 Å². The van der Waals surface area contributed by atoms with Crippen molar-refractivity contribution in [3.63, 3.8) is 0 Å². The quantitative estimate of drug-likeness (QED) is 0.595. The molecule has 0 amide bonds. The predicted molar refractivity (Wildman–Crippen MR) is 75.6 cm³/mol. The van der Waals surface area contributed by atoms with Crippen LogP contribution in [-0.2, 0) is 18.5 Å². The summed E-state index contributed by atoms with van der Waals surface area (Å²) in [7, 11) is 1.40. The van der Waals surface area contributed by atoms with E-state index in [1.807, 2.05) is 6.92 Å². The van der Waals surface area contributed by atoms with Gasteiger partial charge in [0, 0.05) is 17.3 Å². The molecule has 0 bridgehead atoms. The first-order valence-corrected chi connectivity index (χ1v) is 8.40. The lowest BCUT2D eigenvalue weighted by Crippen LogP contribution is -2.20. The van der Waals surface area contributed by atoms with Gasteiger partial charge < -0.3 is 9.47 Å². The fourth-order valence-electron chi connectivity index (χ4n) is 1.58. The number of halogens is 1. The van der Waals surface area contributed by atoms with Gasteiger partial charge in [-0.2, -0.15) is 0 Å². The van der Waals surface area contributed by atoms with Gasteiger partial charge in [0.2, 0.25) is 0 Å². The standard InChI is InChI=1S/C13H17ClO5S/c1-4-18-8-10(3)19-13(15)11-5-9(2)6-12(7-11)20(14,16)17/h5-7,10H,4,8H2,1-3H3. The molecule has 0 aliphatic heterocycles. The van der Waals surface area contributed by atoms with E-state index in [1.54, 1.807) is 19.9 Å². The van der Waals surface area contributed by atoms with Crippen LogP contribution in [0.1, 0.15) is 29.8 Å². The summed E-state index contributed by atoms with van der Waals surface area (Å²) in [6.07, 6.45) is -0.418.